The van der Waals surface area contributed by atoms with Crippen molar-refractivity contribution in [1.29, 1.82) is 0 Å². The fourth-order valence-corrected chi connectivity index (χ4v) is 0.936. The predicted molar refractivity (Wildman–Crippen MR) is 57.7 cm³/mol. The van der Waals surface area contributed by atoms with E-state index < -0.39 is 6.09 Å². The van der Waals surface area contributed by atoms with Crippen molar-refractivity contribution >= 4 is 23.5 Å². The third-order valence-corrected chi connectivity index (χ3v) is 1.82. The zero-order chi connectivity index (χ0) is 11.3. The van der Waals surface area contributed by atoms with E-state index in [0.717, 1.165) is 0 Å². The van der Waals surface area contributed by atoms with Crippen molar-refractivity contribution in [3.05, 3.63) is 34.9 Å². The van der Waals surface area contributed by atoms with E-state index in [1.54, 1.807) is 24.3 Å². The van der Waals surface area contributed by atoms with Crippen LogP contribution in [0.5, 0.6) is 0 Å². The maximum Gasteiger partial charge on any atom is 0.433 e. The van der Waals surface area contributed by atoms with Crippen LogP contribution in [0, 0.1) is 0 Å². The van der Waals surface area contributed by atoms with Crippen molar-refractivity contribution in [3.8, 4) is 0 Å². The van der Waals surface area contributed by atoms with Gasteiger partial charge in [-0.1, -0.05) is 16.8 Å². The molecule has 0 bridgehead atoms. The number of amidine groups is 1. The minimum Gasteiger partial charge on any atom is -0.380 e. The van der Waals surface area contributed by atoms with Gasteiger partial charge in [0.15, 0.2) is 5.84 Å². The molecule has 5 nitrogen and oxygen atoms in total. The first-order chi connectivity index (χ1) is 7.13. The smallest absolute Gasteiger partial charge is 0.380 e. The maximum atomic E-state index is 10.7. The molecule has 0 unspecified atom stereocenters. The van der Waals surface area contributed by atoms with Gasteiger partial charge in [0.1, 0.15) is 0 Å². The second-order valence-corrected chi connectivity index (χ2v) is 3.05. The summed E-state index contributed by atoms with van der Waals surface area (Å²) in [5.41, 5.74) is 6.18. The number of hydrogen-bond donors (Lipinski definition) is 2. The fourth-order valence-electron chi connectivity index (χ4n) is 0.810. The minimum absolute atomic E-state index is 0.107. The Morgan fingerprint density at radius 1 is 1.47 bits per heavy atom. The van der Waals surface area contributed by atoms with Gasteiger partial charge in [0.25, 0.3) is 0 Å². The number of nitrogens with one attached hydrogen (secondary N) is 1. The highest BCUT2D eigenvalue weighted by Crippen LogP contribution is 2.09. The van der Waals surface area contributed by atoms with Crippen molar-refractivity contribution in [2.45, 2.75) is 0 Å². The van der Waals surface area contributed by atoms with Crippen LogP contribution in [-0.2, 0) is 4.84 Å². The van der Waals surface area contributed by atoms with Crippen LogP contribution in [0.25, 0.3) is 0 Å². The van der Waals surface area contributed by atoms with Crippen LogP contribution >= 0.6 is 11.6 Å². The molecule has 0 saturated heterocycles. The summed E-state index contributed by atoms with van der Waals surface area (Å²) in [6.45, 7) is 0. The third kappa shape index (κ3) is 3.47. The second-order valence-electron chi connectivity index (χ2n) is 2.61. The molecule has 1 aromatic rings. The Kier molecular flexibility index (Phi) is 3.93. The van der Waals surface area contributed by atoms with E-state index in [-0.39, 0.29) is 5.84 Å². The summed E-state index contributed by atoms with van der Waals surface area (Å²) in [5.74, 6) is 0.107. The number of nitrogens with zero attached hydrogens (tertiary/aromatic N) is 1. The molecule has 3 N–H and O–H groups in total. The molecule has 0 radical (unpaired) electrons. The lowest BCUT2D eigenvalue weighted by molar-refractivity contribution is 0.153. The first kappa shape index (κ1) is 11.3. The number of rotatable bonds is 2. The highest BCUT2D eigenvalue weighted by Gasteiger charge is 2.01. The quantitative estimate of drug-likeness (QED) is 0.346. The number of oxime groups is 1. The molecule has 1 rings (SSSR count). The molecule has 0 atom stereocenters. The molecule has 80 valence electrons. The highest BCUT2D eigenvalue weighted by atomic mass is 35.5. The lowest BCUT2D eigenvalue weighted by Gasteiger charge is -2.00. The molecule has 0 aliphatic rings. The average Bonchev–Trinajstić information content (AvgIpc) is 2.26. The van der Waals surface area contributed by atoms with E-state index in [2.05, 4.69) is 15.3 Å². The van der Waals surface area contributed by atoms with Crippen LogP contribution in [0.4, 0.5) is 4.79 Å². The van der Waals surface area contributed by atoms with Crippen LogP contribution in [0.15, 0.2) is 29.4 Å². The summed E-state index contributed by atoms with van der Waals surface area (Å²) in [4.78, 5) is 15.1. The Morgan fingerprint density at radius 3 is 2.60 bits per heavy atom. The summed E-state index contributed by atoms with van der Waals surface area (Å²) in [7, 11) is 1.43. The Balaban J connectivity index is 2.71. The molecule has 6 heteroatoms. The van der Waals surface area contributed by atoms with Gasteiger partial charge >= 0.3 is 6.09 Å². The van der Waals surface area contributed by atoms with Crippen molar-refractivity contribution < 1.29 is 9.63 Å². The normalized spacial score (nSPS) is 10.9. The summed E-state index contributed by atoms with van der Waals surface area (Å²) in [6, 6.07) is 6.68. The van der Waals surface area contributed by atoms with Gasteiger partial charge in [0, 0.05) is 17.6 Å². The number of hydrogen-bond acceptors (Lipinski definition) is 3. The van der Waals surface area contributed by atoms with Crippen LogP contribution in [0.2, 0.25) is 5.02 Å². The molecule has 0 aliphatic carbocycles. The van der Waals surface area contributed by atoms with E-state index >= 15 is 0 Å². The van der Waals surface area contributed by atoms with E-state index in [9.17, 15) is 4.79 Å². The molecular weight excluding hydrogens is 218 g/mol. The van der Waals surface area contributed by atoms with Crippen LogP contribution in [0.1, 0.15) is 5.56 Å². The Morgan fingerprint density at radius 2 is 2.07 bits per heavy atom. The average molecular weight is 228 g/mol. The van der Waals surface area contributed by atoms with Crippen molar-refractivity contribution in [2.75, 3.05) is 7.05 Å². The summed E-state index contributed by atoms with van der Waals surface area (Å²) >= 11 is 5.69. The zero-order valence-electron chi connectivity index (χ0n) is 8.03. The summed E-state index contributed by atoms with van der Waals surface area (Å²) < 4.78 is 0. The van der Waals surface area contributed by atoms with E-state index in [1.807, 2.05) is 0 Å². The second kappa shape index (κ2) is 5.21. The van der Waals surface area contributed by atoms with Crippen molar-refractivity contribution in [3.63, 3.8) is 0 Å². The van der Waals surface area contributed by atoms with Gasteiger partial charge in [0.05, 0.1) is 0 Å². The number of amides is 1. The molecule has 0 aromatic heterocycles. The lowest BCUT2D eigenvalue weighted by atomic mass is 10.2. The third-order valence-electron chi connectivity index (χ3n) is 1.57. The Labute approximate surface area is 91.8 Å². The first-order valence-electron chi connectivity index (χ1n) is 4.11. The molecule has 1 aromatic carbocycles. The molecule has 15 heavy (non-hydrogen) atoms. The lowest BCUT2D eigenvalue weighted by Crippen LogP contribution is -2.20. The predicted octanol–water partition coefficient (Wildman–Crippen LogP) is 1.32. The molecule has 0 fully saturated rings. The van der Waals surface area contributed by atoms with Gasteiger partial charge < -0.3 is 11.1 Å². The molecular formula is C9H10ClN3O2. The molecule has 0 saturated carbocycles. The Bertz CT molecular complexity index is 375. The van der Waals surface area contributed by atoms with E-state index in [4.69, 9.17) is 17.3 Å². The van der Waals surface area contributed by atoms with Gasteiger partial charge in [-0.15, -0.1) is 0 Å². The highest BCUT2D eigenvalue weighted by molar-refractivity contribution is 6.30. The first-order valence-corrected chi connectivity index (χ1v) is 4.49. The van der Waals surface area contributed by atoms with Gasteiger partial charge in [-0.25, -0.2) is 4.79 Å². The molecule has 0 spiro atoms. The number of nitrogens with two attached hydrogens (primary N) is 1. The zero-order valence-corrected chi connectivity index (χ0v) is 8.78. The van der Waals surface area contributed by atoms with E-state index in [1.165, 1.54) is 7.05 Å². The van der Waals surface area contributed by atoms with Crippen LogP contribution in [-0.4, -0.2) is 19.0 Å². The summed E-state index contributed by atoms with van der Waals surface area (Å²) in [5, 5.41) is 6.27. The molecule has 0 heterocycles. The van der Waals surface area contributed by atoms with Crippen LogP contribution in [0.3, 0.4) is 0 Å². The molecule has 0 aliphatic heterocycles. The summed E-state index contributed by atoms with van der Waals surface area (Å²) in [6.07, 6.45) is -0.674. The maximum absolute atomic E-state index is 10.7. The SMILES string of the molecule is CNC(=O)O/N=C(\N)c1ccc(Cl)cc1. The monoisotopic (exact) mass is 227 g/mol. The molecule has 1 amide bonds. The fraction of sp³-hybridized carbons (Fsp3) is 0.111. The number of carbonyl (C=O) groups excluding carboxylic acids is 1. The largest absolute Gasteiger partial charge is 0.433 e. The van der Waals surface area contributed by atoms with Gasteiger partial charge in [-0.05, 0) is 24.3 Å². The standard InChI is InChI=1S/C9H10ClN3O2/c1-12-9(14)15-13-8(11)6-2-4-7(10)5-3-6/h2-5H,1H3,(H2,11,13)(H,12,14). The van der Waals surface area contributed by atoms with Crippen molar-refractivity contribution in [1.82, 2.24) is 5.32 Å². The number of benzene rings is 1. The van der Waals surface area contributed by atoms with Gasteiger partial charge in [0.2, 0.25) is 0 Å². The minimum atomic E-state index is -0.674. The van der Waals surface area contributed by atoms with Crippen molar-refractivity contribution in [2.24, 2.45) is 10.9 Å². The Hall–Kier alpha value is -1.75. The van der Waals surface area contributed by atoms with E-state index in [0.29, 0.717) is 10.6 Å². The van der Waals surface area contributed by atoms with Crippen LogP contribution < -0.4 is 11.1 Å². The number of halogens is 1. The van der Waals surface area contributed by atoms with Gasteiger partial charge in [-0.3, -0.25) is 4.84 Å². The topological polar surface area (TPSA) is 76.7 Å². The van der Waals surface area contributed by atoms with Gasteiger partial charge in [-0.2, -0.15) is 0 Å². The number of carbonyl (C=O) groups is 1.